The minimum Gasteiger partial charge on any atom is -0.328 e. The molecule has 0 saturated heterocycles. The molecular weight excluding hydrogens is 214 g/mol. The summed E-state index contributed by atoms with van der Waals surface area (Å²) in [4.78, 5) is 16.2. The van der Waals surface area contributed by atoms with Gasteiger partial charge in [0.05, 0.1) is 5.54 Å². The van der Waals surface area contributed by atoms with Crippen molar-refractivity contribution in [2.24, 2.45) is 5.73 Å². The Morgan fingerprint density at radius 2 is 1.88 bits per heavy atom. The summed E-state index contributed by atoms with van der Waals surface area (Å²) in [6, 6.07) is 0.140. The van der Waals surface area contributed by atoms with E-state index in [4.69, 9.17) is 5.73 Å². The zero-order valence-electron chi connectivity index (χ0n) is 11.5. The number of hydrogen-bond acceptors (Lipinski definition) is 2. The van der Waals surface area contributed by atoms with Gasteiger partial charge < -0.3 is 15.5 Å². The van der Waals surface area contributed by atoms with Gasteiger partial charge in [-0.2, -0.15) is 0 Å². The topological polar surface area (TPSA) is 49.6 Å². The number of rotatable bonds is 5. The minimum absolute atomic E-state index is 0.0729. The summed E-state index contributed by atoms with van der Waals surface area (Å²) in [6.45, 7) is 6.29. The first kappa shape index (κ1) is 14.3. The first-order valence-corrected chi connectivity index (χ1v) is 6.84. The van der Waals surface area contributed by atoms with Gasteiger partial charge in [-0.15, -0.1) is 0 Å². The van der Waals surface area contributed by atoms with Crippen molar-refractivity contribution < 1.29 is 4.79 Å². The van der Waals surface area contributed by atoms with Crippen LogP contribution in [0.4, 0.5) is 4.79 Å². The van der Waals surface area contributed by atoms with Gasteiger partial charge in [-0.1, -0.05) is 19.8 Å². The Bertz CT molecular complexity index is 249. The van der Waals surface area contributed by atoms with E-state index in [-0.39, 0.29) is 11.6 Å². The summed E-state index contributed by atoms with van der Waals surface area (Å²) >= 11 is 0. The third kappa shape index (κ3) is 2.92. The van der Waals surface area contributed by atoms with E-state index in [1.54, 1.807) is 4.90 Å². The molecule has 0 heterocycles. The molecule has 1 rings (SSSR count). The number of hydrogen-bond donors (Lipinski definition) is 1. The molecule has 2 N–H and O–H groups in total. The van der Waals surface area contributed by atoms with Crippen molar-refractivity contribution in [1.82, 2.24) is 9.80 Å². The monoisotopic (exact) mass is 241 g/mol. The van der Waals surface area contributed by atoms with Gasteiger partial charge in [-0.3, -0.25) is 0 Å². The lowest BCUT2D eigenvalue weighted by Crippen LogP contribution is -2.57. The van der Waals surface area contributed by atoms with Crippen molar-refractivity contribution >= 4 is 6.03 Å². The Labute approximate surface area is 105 Å². The zero-order valence-corrected chi connectivity index (χ0v) is 11.5. The predicted octanol–water partition coefficient (Wildman–Crippen LogP) is 2.04. The molecule has 0 radical (unpaired) electrons. The van der Waals surface area contributed by atoms with Crippen LogP contribution in [-0.2, 0) is 0 Å². The molecule has 0 aromatic carbocycles. The average molecular weight is 241 g/mol. The molecule has 1 saturated carbocycles. The first-order valence-electron chi connectivity index (χ1n) is 6.84. The highest BCUT2D eigenvalue weighted by Crippen LogP contribution is 2.35. The van der Waals surface area contributed by atoms with Gasteiger partial charge in [-0.05, 0) is 26.2 Å². The average Bonchev–Trinajstić information content (AvgIpc) is 2.83. The van der Waals surface area contributed by atoms with Gasteiger partial charge in [0.25, 0.3) is 0 Å². The Hall–Kier alpha value is -0.770. The maximum Gasteiger partial charge on any atom is 0.320 e. The molecule has 0 aromatic heterocycles. The van der Waals surface area contributed by atoms with Crippen LogP contribution in [-0.4, -0.2) is 48.1 Å². The van der Waals surface area contributed by atoms with Crippen LogP contribution in [0.15, 0.2) is 0 Å². The second-order valence-corrected chi connectivity index (χ2v) is 5.08. The highest BCUT2D eigenvalue weighted by Gasteiger charge is 2.41. The summed E-state index contributed by atoms with van der Waals surface area (Å²) in [5, 5.41) is 0. The fourth-order valence-corrected chi connectivity index (χ4v) is 2.72. The van der Waals surface area contributed by atoms with Crippen LogP contribution in [0.5, 0.6) is 0 Å². The second kappa shape index (κ2) is 6.24. The van der Waals surface area contributed by atoms with Crippen molar-refractivity contribution in [1.29, 1.82) is 0 Å². The molecule has 1 fully saturated rings. The standard InChI is InChI=1S/C13H27N3O/c1-4-10-16(12(17)15(3)5-2)13(11-14)8-6-7-9-13/h4-11,14H2,1-3H3. The quantitative estimate of drug-likeness (QED) is 0.801. The lowest BCUT2D eigenvalue weighted by molar-refractivity contribution is 0.0964. The van der Waals surface area contributed by atoms with Crippen LogP contribution in [0.25, 0.3) is 0 Å². The van der Waals surface area contributed by atoms with Crippen LogP contribution in [0.2, 0.25) is 0 Å². The SMILES string of the molecule is CCCN(C(=O)N(C)CC)C1(CN)CCCC1. The highest BCUT2D eigenvalue weighted by atomic mass is 16.2. The summed E-state index contributed by atoms with van der Waals surface area (Å²) < 4.78 is 0. The maximum absolute atomic E-state index is 12.4. The van der Waals surface area contributed by atoms with Crippen LogP contribution >= 0.6 is 0 Å². The maximum atomic E-state index is 12.4. The zero-order chi connectivity index (χ0) is 12.9. The number of urea groups is 1. The van der Waals surface area contributed by atoms with Crippen molar-refractivity contribution in [3.8, 4) is 0 Å². The molecule has 4 nitrogen and oxygen atoms in total. The molecule has 17 heavy (non-hydrogen) atoms. The smallest absolute Gasteiger partial charge is 0.320 e. The van der Waals surface area contributed by atoms with Crippen LogP contribution in [0.3, 0.4) is 0 Å². The Kier molecular flexibility index (Phi) is 5.25. The predicted molar refractivity (Wildman–Crippen MR) is 71.0 cm³/mol. The Morgan fingerprint density at radius 1 is 1.29 bits per heavy atom. The summed E-state index contributed by atoms with van der Waals surface area (Å²) in [5.41, 5.74) is 5.89. The van der Waals surface area contributed by atoms with E-state index in [1.165, 1.54) is 12.8 Å². The van der Waals surface area contributed by atoms with Gasteiger partial charge in [0.1, 0.15) is 0 Å². The molecule has 0 aliphatic heterocycles. The van der Waals surface area contributed by atoms with Crippen molar-refractivity contribution in [2.45, 2.75) is 51.5 Å². The van der Waals surface area contributed by atoms with Gasteiger partial charge >= 0.3 is 6.03 Å². The van der Waals surface area contributed by atoms with Crippen LogP contribution in [0, 0.1) is 0 Å². The number of carbonyl (C=O) groups is 1. The fourth-order valence-electron chi connectivity index (χ4n) is 2.72. The summed E-state index contributed by atoms with van der Waals surface area (Å²) in [7, 11) is 1.87. The van der Waals surface area contributed by atoms with Gasteiger partial charge in [0.15, 0.2) is 0 Å². The molecule has 0 unspecified atom stereocenters. The van der Waals surface area contributed by atoms with Crippen molar-refractivity contribution in [3.05, 3.63) is 0 Å². The fraction of sp³-hybridized carbons (Fsp3) is 0.923. The van der Waals surface area contributed by atoms with Crippen LogP contribution < -0.4 is 5.73 Å². The van der Waals surface area contributed by atoms with E-state index in [0.29, 0.717) is 6.54 Å². The summed E-state index contributed by atoms with van der Waals surface area (Å²) in [5.74, 6) is 0. The third-order valence-electron chi connectivity index (χ3n) is 3.97. The van der Waals surface area contributed by atoms with Gasteiger partial charge in [0, 0.05) is 26.7 Å². The third-order valence-corrected chi connectivity index (χ3v) is 3.97. The van der Waals surface area contributed by atoms with E-state index in [2.05, 4.69) is 6.92 Å². The summed E-state index contributed by atoms with van der Waals surface area (Å²) in [6.07, 6.45) is 5.51. The minimum atomic E-state index is -0.0729. The lowest BCUT2D eigenvalue weighted by atomic mass is 9.95. The first-order chi connectivity index (χ1) is 8.11. The second-order valence-electron chi connectivity index (χ2n) is 5.08. The van der Waals surface area contributed by atoms with E-state index in [1.807, 2.05) is 18.9 Å². The Morgan fingerprint density at radius 3 is 2.29 bits per heavy atom. The van der Waals surface area contributed by atoms with E-state index >= 15 is 0 Å². The molecule has 1 aliphatic rings. The number of nitrogens with two attached hydrogens (primary N) is 1. The Balaban J connectivity index is 2.86. The largest absolute Gasteiger partial charge is 0.328 e. The molecule has 0 bridgehead atoms. The molecular formula is C13H27N3O. The normalized spacial score (nSPS) is 18.1. The number of amides is 2. The molecule has 0 atom stereocenters. The highest BCUT2D eigenvalue weighted by molar-refractivity contribution is 5.75. The molecule has 100 valence electrons. The molecule has 4 heteroatoms. The molecule has 0 spiro atoms. The number of carbonyl (C=O) groups excluding carboxylic acids is 1. The van der Waals surface area contributed by atoms with Crippen molar-refractivity contribution in [2.75, 3.05) is 26.7 Å². The lowest BCUT2D eigenvalue weighted by Gasteiger charge is -2.42. The molecule has 0 aromatic rings. The number of nitrogens with zero attached hydrogens (tertiary/aromatic N) is 2. The van der Waals surface area contributed by atoms with Gasteiger partial charge in [-0.25, -0.2) is 4.79 Å². The van der Waals surface area contributed by atoms with E-state index in [0.717, 1.165) is 32.4 Å². The molecule has 1 aliphatic carbocycles. The molecule has 2 amide bonds. The van der Waals surface area contributed by atoms with Gasteiger partial charge in [0.2, 0.25) is 0 Å². The van der Waals surface area contributed by atoms with E-state index in [9.17, 15) is 4.79 Å². The van der Waals surface area contributed by atoms with Crippen LogP contribution in [0.1, 0.15) is 46.0 Å². The van der Waals surface area contributed by atoms with Crippen molar-refractivity contribution in [3.63, 3.8) is 0 Å². The van der Waals surface area contributed by atoms with E-state index < -0.39 is 0 Å².